The molecular weight excluding hydrogens is 420 g/mol. The highest BCUT2D eigenvalue weighted by molar-refractivity contribution is 7.18. The molecule has 30 heavy (non-hydrogen) atoms. The van der Waals surface area contributed by atoms with Gasteiger partial charge >= 0.3 is 0 Å². The molecule has 1 aliphatic rings. The van der Waals surface area contributed by atoms with Gasteiger partial charge in [0.1, 0.15) is 16.7 Å². The van der Waals surface area contributed by atoms with E-state index in [-0.39, 0.29) is 11.5 Å². The van der Waals surface area contributed by atoms with Crippen LogP contribution in [-0.2, 0) is 24.2 Å². The summed E-state index contributed by atoms with van der Waals surface area (Å²) >= 11 is 7.56. The Labute approximate surface area is 184 Å². The lowest BCUT2D eigenvalue weighted by Gasteiger charge is -2.21. The van der Waals surface area contributed by atoms with E-state index in [4.69, 9.17) is 16.6 Å². The molecule has 2 aromatic heterocycles. The summed E-state index contributed by atoms with van der Waals surface area (Å²) in [6.07, 6.45) is 4.15. The number of thiophene rings is 1. The molecule has 0 saturated carbocycles. The van der Waals surface area contributed by atoms with Crippen molar-refractivity contribution in [2.75, 3.05) is 19.4 Å². The third kappa shape index (κ3) is 4.02. The summed E-state index contributed by atoms with van der Waals surface area (Å²) in [5.41, 5.74) is 1.66. The summed E-state index contributed by atoms with van der Waals surface area (Å²) in [5, 5.41) is 4.18. The summed E-state index contributed by atoms with van der Waals surface area (Å²) < 4.78 is 1.56. The number of aromatic nitrogens is 2. The lowest BCUT2D eigenvalue weighted by Crippen LogP contribution is -2.36. The first-order chi connectivity index (χ1) is 14.3. The van der Waals surface area contributed by atoms with Crippen LogP contribution >= 0.6 is 22.9 Å². The van der Waals surface area contributed by atoms with Crippen LogP contribution in [0.2, 0.25) is 5.02 Å². The maximum Gasteiger partial charge on any atom is 0.263 e. The average Bonchev–Trinajstić information content (AvgIpc) is 3.07. The van der Waals surface area contributed by atoms with E-state index in [1.807, 2.05) is 19.0 Å². The third-order valence-electron chi connectivity index (χ3n) is 5.43. The van der Waals surface area contributed by atoms with Gasteiger partial charge in [0, 0.05) is 15.6 Å². The second-order valence-corrected chi connectivity index (χ2v) is 9.52. The van der Waals surface area contributed by atoms with E-state index in [0.29, 0.717) is 28.5 Å². The van der Waals surface area contributed by atoms with Gasteiger partial charge in [0.05, 0.1) is 11.9 Å². The number of anilines is 1. The summed E-state index contributed by atoms with van der Waals surface area (Å²) in [5.74, 6) is 0.347. The molecule has 1 atom stereocenters. The van der Waals surface area contributed by atoms with Crippen molar-refractivity contribution in [3.05, 3.63) is 55.9 Å². The van der Waals surface area contributed by atoms with Gasteiger partial charge in [0.25, 0.3) is 5.56 Å². The van der Waals surface area contributed by atoms with E-state index in [1.165, 1.54) is 4.88 Å². The van der Waals surface area contributed by atoms with Crippen molar-refractivity contribution in [1.29, 1.82) is 0 Å². The first-order valence-electron chi connectivity index (χ1n) is 10.1. The Morgan fingerprint density at radius 1 is 1.27 bits per heavy atom. The molecule has 0 fully saturated rings. The second-order valence-electron chi connectivity index (χ2n) is 8.00. The van der Waals surface area contributed by atoms with Crippen LogP contribution in [0.15, 0.2) is 29.1 Å². The van der Waals surface area contributed by atoms with Crippen LogP contribution in [-0.4, -0.2) is 34.5 Å². The van der Waals surface area contributed by atoms with Crippen molar-refractivity contribution >= 4 is 44.7 Å². The number of benzene rings is 1. The molecular formula is C22H25ClN4O2S. The molecule has 1 N–H and O–H groups in total. The molecule has 8 heteroatoms. The summed E-state index contributed by atoms with van der Waals surface area (Å²) in [6.45, 7) is 2.23. The summed E-state index contributed by atoms with van der Waals surface area (Å²) in [7, 11) is 3.86. The fourth-order valence-corrected chi connectivity index (χ4v) is 5.35. The van der Waals surface area contributed by atoms with Crippen LogP contribution < -0.4 is 10.9 Å². The normalized spacial score (nSPS) is 14.7. The molecule has 0 saturated heterocycles. The van der Waals surface area contributed by atoms with E-state index in [9.17, 15) is 9.59 Å². The lowest BCUT2D eigenvalue weighted by atomic mass is 9.97. The van der Waals surface area contributed by atoms with Crippen LogP contribution in [0.5, 0.6) is 0 Å². The third-order valence-corrected chi connectivity index (χ3v) is 6.87. The van der Waals surface area contributed by atoms with Gasteiger partial charge in [-0.2, -0.15) is 0 Å². The van der Waals surface area contributed by atoms with E-state index >= 15 is 0 Å². The van der Waals surface area contributed by atoms with Gasteiger partial charge < -0.3 is 10.2 Å². The molecule has 158 valence electrons. The largest absolute Gasteiger partial charge is 0.324 e. The van der Waals surface area contributed by atoms with Crippen molar-refractivity contribution in [3.63, 3.8) is 0 Å². The Bertz CT molecular complexity index is 1150. The standard InChI is InChI=1S/C22H25ClN4O2S/c1-13(20(28)24-15-10-8-14(23)9-11-15)27-18(12-26(2)3)25-21-19(22(27)29)16-6-4-5-7-17(16)30-21/h8-11,13H,4-7,12H2,1-3H3,(H,24,28). The molecule has 4 rings (SSSR count). The van der Waals surface area contributed by atoms with Gasteiger partial charge in [-0.25, -0.2) is 4.98 Å². The van der Waals surface area contributed by atoms with Crippen molar-refractivity contribution in [3.8, 4) is 0 Å². The SMILES string of the molecule is CC(C(=O)Nc1ccc(Cl)cc1)n1c(CN(C)C)nc2sc3c(c2c1=O)CCCC3. The van der Waals surface area contributed by atoms with E-state index < -0.39 is 6.04 Å². The summed E-state index contributed by atoms with van der Waals surface area (Å²) in [4.78, 5) is 35.5. The maximum atomic E-state index is 13.6. The number of halogens is 1. The molecule has 0 aliphatic heterocycles. The van der Waals surface area contributed by atoms with Gasteiger partial charge in [-0.1, -0.05) is 11.6 Å². The Hall–Kier alpha value is -2.22. The van der Waals surface area contributed by atoms with Gasteiger partial charge in [0.2, 0.25) is 5.91 Å². The Kier molecular flexibility index (Phi) is 5.95. The highest BCUT2D eigenvalue weighted by Crippen LogP contribution is 2.34. The predicted molar refractivity (Wildman–Crippen MR) is 123 cm³/mol. The van der Waals surface area contributed by atoms with Crippen LogP contribution in [0.25, 0.3) is 10.2 Å². The van der Waals surface area contributed by atoms with Crippen molar-refractivity contribution in [2.45, 2.75) is 45.2 Å². The second kappa shape index (κ2) is 8.49. The van der Waals surface area contributed by atoms with Gasteiger partial charge in [-0.15, -0.1) is 11.3 Å². The molecule has 1 amide bonds. The van der Waals surface area contributed by atoms with Crippen LogP contribution in [0.3, 0.4) is 0 Å². The van der Waals surface area contributed by atoms with Crippen molar-refractivity contribution in [2.24, 2.45) is 0 Å². The highest BCUT2D eigenvalue weighted by Gasteiger charge is 2.26. The topological polar surface area (TPSA) is 67.2 Å². The number of fused-ring (bicyclic) bond motifs is 3. The number of aryl methyl sites for hydroxylation is 2. The number of amides is 1. The minimum atomic E-state index is -0.695. The first-order valence-corrected chi connectivity index (χ1v) is 11.3. The Balaban J connectivity index is 1.78. The highest BCUT2D eigenvalue weighted by atomic mass is 35.5. The van der Waals surface area contributed by atoms with Crippen LogP contribution in [0, 0.1) is 0 Å². The first kappa shape index (κ1) is 21.0. The fourth-order valence-electron chi connectivity index (χ4n) is 3.95. The molecule has 1 unspecified atom stereocenters. The summed E-state index contributed by atoms with van der Waals surface area (Å²) in [6, 6.07) is 6.23. The minimum Gasteiger partial charge on any atom is -0.324 e. The number of carbonyl (C=O) groups excluding carboxylic acids is 1. The number of nitrogens with one attached hydrogen (secondary N) is 1. The number of rotatable bonds is 5. The van der Waals surface area contributed by atoms with Crippen LogP contribution in [0.4, 0.5) is 5.69 Å². The minimum absolute atomic E-state index is 0.116. The van der Waals surface area contributed by atoms with E-state index in [2.05, 4.69) is 5.32 Å². The number of hydrogen-bond donors (Lipinski definition) is 1. The number of carbonyl (C=O) groups is 1. The molecule has 3 aromatic rings. The van der Waals surface area contributed by atoms with Gasteiger partial charge in [-0.05, 0) is 76.5 Å². The smallest absolute Gasteiger partial charge is 0.263 e. The molecule has 0 bridgehead atoms. The van der Waals surface area contributed by atoms with Crippen molar-refractivity contribution in [1.82, 2.24) is 14.5 Å². The molecule has 1 aliphatic carbocycles. The molecule has 0 radical (unpaired) electrons. The zero-order valence-electron chi connectivity index (χ0n) is 17.4. The molecule has 6 nitrogen and oxygen atoms in total. The fraction of sp³-hybridized carbons (Fsp3) is 0.409. The molecule has 0 spiro atoms. The number of nitrogens with zero attached hydrogens (tertiary/aromatic N) is 3. The van der Waals surface area contributed by atoms with Gasteiger partial charge in [0.15, 0.2) is 0 Å². The quantitative estimate of drug-likeness (QED) is 0.638. The predicted octanol–water partition coefficient (Wildman–Crippen LogP) is 4.25. The monoisotopic (exact) mass is 444 g/mol. The van der Waals surface area contributed by atoms with Crippen molar-refractivity contribution < 1.29 is 4.79 Å². The zero-order valence-corrected chi connectivity index (χ0v) is 18.9. The average molecular weight is 445 g/mol. The zero-order chi connectivity index (χ0) is 21.4. The Morgan fingerprint density at radius 3 is 2.67 bits per heavy atom. The maximum absolute atomic E-state index is 13.6. The lowest BCUT2D eigenvalue weighted by molar-refractivity contribution is -0.119. The number of hydrogen-bond acceptors (Lipinski definition) is 5. The van der Waals surface area contributed by atoms with Gasteiger partial charge in [-0.3, -0.25) is 14.2 Å². The van der Waals surface area contributed by atoms with Crippen LogP contribution in [0.1, 0.15) is 42.1 Å². The molecule has 1 aromatic carbocycles. The van der Waals surface area contributed by atoms with E-state index in [1.54, 1.807) is 47.1 Å². The van der Waals surface area contributed by atoms with E-state index in [0.717, 1.165) is 36.1 Å². The molecule has 2 heterocycles. The Morgan fingerprint density at radius 2 is 1.97 bits per heavy atom.